The van der Waals surface area contributed by atoms with E-state index >= 15 is 0 Å². The number of hydrogen-bond acceptors (Lipinski definition) is 1. The van der Waals surface area contributed by atoms with Crippen LogP contribution in [0.3, 0.4) is 0 Å². The Kier molecular flexibility index (Phi) is 6.09. The van der Waals surface area contributed by atoms with Gasteiger partial charge >= 0.3 is 6.03 Å². The van der Waals surface area contributed by atoms with Crippen molar-refractivity contribution in [3.63, 3.8) is 0 Å². The average Bonchev–Trinajstić information content (AvgIpc) is 2.56. The Bertz CT molecular complexity index is 611. The maximum absolute atomic E-state index is 12.2. The predicted molar refractivity (Wildman–Crippen MR) is 101 cm³/mol. The highest BCUT2D eigenvalue weighted by Crippen LogP contribution is 2.26. The fourth-order valence-electron chi connectivity index (χ4n) is 2.98. The average molecular weight is 329 g/mol. The number of benzene rings is 1. The van der Waals surface area contributed by atoms with Gasteiger partial charge in [0.05, 0.1) is 6.04 Å². The van der Waals surface area contributed by atoms with E-state index in [1.165, 1.54) is 42.4 Å². The van der Waals surface area contributed by atoms with Crippen molar-refractivity contribution >= 4 is 6.03 Å². The van der Waals surface area contributed by atoms with Gasteiger partial charge in [-0.05, 0) is 61.1 Å². The van der Waals surface area contributed by atoms with E-state index in [1.807, 2.05) is 13.1 Å². The third-order valence-electron chi connectivity index (χ3n) is 5.09. The molecule has 2 amide bonds. The van der Waals surface area contributed by atoms with Crippen molar-refractivity contribution < 1.29 is 4.79 Å². The number of hydrogen-bond donors (Lipinski definition) is 2. The van der Waals surface area contributed by atoms with Gasteiger partial charge in [0, 0.05) is 6.20 Å². The standard InChI is InChI=1S/C21H32N2O/c1-6-19(23-20(24)22-14-15(2)21(3,4)5)18-12-11-16-9-7-8-10-17(16)13-18/h11-14,19H,6-10H2,1-5H3,(H2,22,23,24)/b15-14+. The lowest BCUT2D eigenvalue weighted by Gasteiger charge is -2.22. The molecule has 0 bridgehead atoms. The van der Waals surface area contributed by atoms with E-state index in [4.69, 9.17) is 0 Å². The lowest BCUT2D eigenvalue weighted by molar-refractivity contribution is 0.240. The van der Waals surface area contributed by atoms with E-state index in [-0.39, 0.29) is 17.5 Å². The first-order valence-corrected chi connectivity index (χ1v) is 9.17. The normalized spacial score (nSPS) is 16.3. The Labute approximate surface area is 146 Å². The molecular formula is C21H32N2O. The molecular weight excluding hydrogens is 296 g/mol. The summed E-state index contributed by atoms with van der Waals surface area (Å²) in [6.45, 7) is 10.6. The Balaban J connectivity index is 2.03. The van der Waals surface area contributed by atoms with Crippen molar-refractivity contribution in [1.29, 1.82) is 0 Å². The second-order valence-electron chi connectivity index (χ2n) is 7.89. The summed E-state index contributed by atoms with van der Waals surface area (Å²) in [7, 11) is 0. The number of amides is 2. The second-order valence-corrected chi connectivity index (χ2v) is 7.89. The Hall–Kier alpha value is -1.77. The quantitative estimate of drug-likeness (QED) is 0.777. The molecule has 3 nitrogen and oxygen atoms in total. The highest BCUT2D eigenvalue weighted by atomic mass is 16.2. The number of carbonyl (C=O) groups is 1. The molecule has 0 radical (unpaired) electrons. The van der Waals surface area contributed by atoms with E-state index in [2.05, 4.69) is 56.5 Å². The van der Waals surface area contributed by atoms with E-state index in [9.17, 15) is 4.79 Å². The lowest BCUT2D eigenvalue weighted by Crippen LogP contribution is -2.35. The van der Waals surface area contributed by atoms with Gasteiger partial charge in [0.2, 0.25) is 0 Å². The van der Waals surface area contributed by atoms with Crippen LogP contribution in [0.5, 0.6) is 0 Å². The van der Waals surface area contributed by atoms with E-state index < -0.39 is 0 Å². The number of allylic oxidation sites excluding steroid dienone is 1. The summed E-state index contributed by atoms with van der Waals surface area (Å²) >= 11 is 0. The molecule has 1 unspecified atom stereocenters. The van der Waals surface area contributed by atoms with Crippen LogP contribution in [0, 0.1) is 5.41 Å². The van der Waals surface area contributed by atoms with Gasteiger partial charge in [-0.15, -0.1) is 0 Å². The van der Waals surface area contributed by atoms with Gasteiger partial charge in [-0.3, -0.25) is 0 Å². The van der Waals surface area contributed by atoms with Gasteiger partial charge in [0.15, 0.2) is 0 Å². The molecule has 2 rings (SSSR count). The first-order valence-electron chi connectivity index (χ1n) is 9.17. The van der Waals surface area contributed by atoms with Gasteiger partial charge in [0.25, 0.3) is 0 Å². The molecule has 0 spiro atoms. The van der Waals surface area contributed by atoms with Gasteiger partial charge in [-0.2, -0.15) is 0 Å². The van der Waals surface area contributed by atoms with E-state index in [1.54, 1.807) is 0 Å². The molecule has 132 valence electrons. The fourth-order valence-corrected chi connectivity index (χ4v) is 2.98. The van der Waals surface area contributed by atoms with Crippen molar-refractivity contribution in [2.24, 2.45) is 5.41 Å². The van der Waals surface area contributed by atoms with Crippen LogP contribution in [-0.2, 0) is 12.8 Å². The first-order chi connectivity index (χ1) is 11.3. The van der Waals surface area contributed by atoms with Crippen molar-refractivity contribution in [3.8, 4) is 0 Å². The van der Waals surface area contributed by atoms with Crippen molar-refractivity contribution in [2.45, 2.75) is 72.8 Å². The van der Waals surface area contributed by atoms with Crippen LogP contribution in [-0.4, -0.2) is 6.03 Å². The minimum atomic E-state index is -0.136. The summed E-state index contributed by atoms with van der Waals surface area (Å²) in [4.78, 5) is 12.2. The monoisotopic (exact) mass is 328 g/mol. The molecule has 1 aliphatic carbocycles. The van der Waals surface area contributed by atoms with Gasteiger partial charge in [-0.25, -0.2) is 4.79 Å². The Morgan fingerprint density at radius 3 is 2.50 bits per heavy atom. The number of nitrogens with one attached hydrogen (secondary N) is 2. The molecule has 2 N–H and O–H groups in total. The topological polar surface area (TPSA) is 41.1 Å². The fraction of sp³-hybridized carbons (Fsp3) is 0.571. The largest absolute Gasteiger partial charge is 0.331 e. The summed E-state index contributed by atoms with van der Waals surface area (Å²) in [6.07, 6.45) is 7.63. The minimum Gasteiger partial charge on any atom is -0.331 e. The number of carbonyl (C=O) groups excluding carboxylic acids is 1. The highest BCUT2D eigenvalue weighted by molar-refractivity contribution is 5.75. The van der Waals surface area contributed by atoms with Crippen LogP contribution >= 0.6 is 0 Å². The summed E-state index contributed by atoms with van der Waals surface area (Å²) < 4.78 is 0. The van der Waals surface area contributed by atoms with E-state index in [0.29, 0.717) is 0 Å². The van der Waals surface area contributed by atoms with Crippen molar-refractivity contribution in [2.75, 3.05) is 0 Å². The van der Waals surface area contributed by atoms with Crippen LogP contribution in [0.15, 0.2) is 30.0 Å². The molecule has 3 heteroatoms. The van der Waals surface area contributed by atoms with Crippen LogP contribution in [0.2, 0.25) is 0 Å². The third kappa shape index (κ3) is 4.86. The third-order valence-corrected chi connectivity index (χ3v) is 5.09. The number of urea groups is 1. The maximum Gasteiger partial charge on any atom is 0.319 e. The highest BCUT2D eigenvalue weighted by Gasteiger charge is 2.16. The summed E-state index contributed by atoms with van der Waals surface area (Å²) in [5, 5.41) is 5.98. The SMILES string of the molecule is CCC(NC(=O)N/C=C(\C)C(C)(C)C)c1ccc2c(c1)CCCC2. The maximum atomic E-state index is 12.2. The van der Waals surface area contributed by atoms with Gasteiger partial charge < -0.3 is 10.6 Å². The first kappa shape index (κ1) is 18.6. The summed E-state index contributed by atoms with van der Waals surface area (Å²) in [6, 6.07) is 6.63. The van der Waals surface area contributed by atoms with Crippen LogP contribution in [0.4, 0.5) is 4.79 Å². The van der Waals surface area contributed by atoms with Crippen LogP contribution in [0.1, 0.15) is 76.6 Å². The Morgan fingerprint density at radius 1 is 1.21 bits per heavy atom. The predicted octanol–water partition coefficient (Wildman–Crippen LogP) is 5.27. The molecule has 0 aliphatic heterocycles. The summed E-state index contributed by atoms with van der Waals surface area (Å²) in [5.41, 5.74) is 5.37. The molecule has 0 saturated carbocycles. The van der Waals surface area contributed by atoms with E-state index in [0.717, 1.165) is 12.0 Å². The molecule has 24 heavy (non-hydrogen) atoms. The lowest BCUT2D eigenvalue weighted by atomic mass is 9.88. The zero-order valence-corrected chi connectivity index (χ0v) is 15.8. The zero-order chi connectivity index (χ0) is 17.7. The summed E-state index contributed by atoms with van der Waals surface area (Å²) in [5.74, 6) is 0. The molecule has 1 aliphatic rings. The molecule has 1 atom stereocenters. The van der Waals surface area contributed by atoms with Gasteiger partial charge in [0.1, 0.15) is 0 Å². The molecule has 0 saturated heterocycles. The van der Waals surface area contributed by atoms with Crippen LogP contribution < -0.4 is 10.6 Å². The number of fused-ring (bicyclic) bond motifs is 1. The number of rotatable bonds is 4. The Morgan fingerprint density at radius 2 is 1.88 bits per heavy atom. The minimum absolute atomic E-state index is 0.0561. The molecule has 0 aromatic heterocycles. The van der Waals surface area contributed by atoms with Crippen molar-refractivity contribution in [1.82, 2.24) is 10.6 Å². The molecule has 1 aromatic carbocycles. The molecule has 1 aromatic rings. The van der Waals surface area contributed by atoms with Crippen molar-refractivity contribution in [3.05, 3.63) is 46.7 Å². The molecule has 0 fully saturated rings. The zero-order valence-electron chi connectivity index (χ0n) is 15.8. The second kappa shape index (κ2) is 7.87. The van der Waals surface area contributed by atoms with Gasteiger partial charge in [-0.1, -0.05) is 51.5 Å². The number of aryl methyl sites for hydroxylation is 2. The molecule has 0 heterocycles. The van der Waals surface area contributed by atoms with Crippen LogP contribution in [0.25, 0.3) is 0 Å². The smallest absolute Gasteiger partial charge is 0.319 e.